The van der Waals surface area contributed by atoms with Crippen molar-refractivity contribution in [2.75, 3.05) is 18.4 Å². The number of alkyl halides is 3. The van der Waals surface area contributed by atoms with Crippen LogP contribution in [-0.4, -0.2) is 35.1 Å². The second-order valence-corrected chi connectivity index (χ2v) is 3.99. The Morgan fingerprint density at radius 2 is 1.90 bits per heavy atom. The number of amides is 1. The first kappa shape index (κ1) is 14.0. The molecule has 1 aromatic heterocycles. The number of para-hydroxylation sites is 2. The highest BCUT2D eigenvalue weighted by atomic mass is 19.4. The van der Waals surface area contributed by atoms with E-state index in [-0.39, 0.29) is 6.54 Å². The third-order valence-corrected chi connectivity index (χ3v) is 2.36. The number of anilines is 1. The molecule has 0 fully saturated rings. The van der Waals surface area contributed by atoms with Gasteiger partial charge in [0.05, 0.1) is 23.8 Å². The van der Waals surface area contributed by atoms with Crippen molar-refractivity contribution in [3.05, 3.63) is 30.5 Å². The minimum absolute atomic E-state index is 0.302. The Labute approximate surface area is 112 Å². The van der Waals surface area contributed by atoms with Crippen LogP contribution in [0.2, 0.25) is 0 Å². The highest BCUT2D eigenvalue weighted by molar-refractivity contribution is 5.81. The lowest BCUT2D eigenvalue weighted by Gasteiger charge is -2.09. The minimum Gasteiger partial charge on any atom is -0.360 e. The van der Waals surface area contributed by atoms with Gasteiger partial charge in [-0.05, 0) is 12.1 Å². The number of carbonyl (C=O) groups is 1. The highest BCUT2D eigenvalue weighted by Crippen LogP contribution is 2.12. The number of benzene rings is 1. The number of hydrogen-bond donors (Lipinski definition) is 2. The summed E-state index contributed by atoms with van der Waals surface area (Å²) in [6.07, 6.45) is -3.00. The second kappa shape index (κ2) is 5.72. The van der Waals surface area contributed by atoms with Crippen LogP contribution in [0.25, 0.3) is 11.0 Å². The molecule has 1 aromatic carbocycles. The van der Waals surface area contributed by atoms with Crippen LogP contribution in [0, 0.1) is 0 Å². The summed E-state index contributed by atoms with van der Waals surface area (Å²) in [5, 5.41) is 4.38. The van der Waals surface area contributed by atoms with E-state index in [0.29, 0.717) is 16.9 Å². The maximum absolute atomic E-state index is 11.9. The molecule has 0 aliphatic heterocycles. The fraction of sp³-hybridized carbons (Fsp3) is 0.250. The number of nitrogens with zero attached hydrogens (tertiary/aromatic N) is 2. The lowest BCUT2D eigenvalue weighted by molar-refractivity contribution is -0.137. The van der Waals surface area contributed by atoms with Crippen LogP contribution in [0.15, 0.2) is 30.5 Å². The van der Waals surface area contributed by atoms with Crippen molar-refractivity contribution in [1.29, 1.82) is 0 Å². The van der Waals surface area contributed by atoms with Gasteiger partial charge < -0.3 is 10.6 Å². The third-order valence-electron chi connectivity index (χ3n) is 2.36. The van der Waals surface area contributed by atoms with E-state index in [2.05, 4.69) is 15.3 Å². The molecule has 8 heteroatoms. The van der Waals surface area contributed by atoms with Crippen LogP contribution in [0.5, 0.6) is 0 Å². The van der Waals surface area contributed by atoms with Crippen LogP contribution in [0.1, 0.15) is 0 Å². The average Bonchev–Trinajstić information content (AvgIpc) is 2.42. The molecule has 2 aromatic rings. The van der Waals surface area contributed by atoms with Crippen LogP contribution < -0.4 is 10.6 Å². The van der Waals surface area contributed by atoms with Gasteiger partial charge in [-0.1, -0.05) is 12.1 Å². The molecule has 5 nitrogen and oxygen atoms in total. The Bertz CT molecular complexity index is 615. The lowest BCUT2D eigenvalue weighted by Crippen LogP contribution is -2.37. The Hall–Kier alpha value is -2.38. The smallest absolute Gasteiger partial charge is 0.360 e. The van der Waals surface area contributed by atoms with Gasteiger partial charge in [0.2, 0.25) is 5.91 Å². The minimum atomic E-state index is -4.42. The number of fused-ring (bicyclic) bond motifs is 1. The largest absolute Gasteiger partial charge is 0.405 e. The van der Waals surface area contributed by atoms with Gasteiger partial charge in [-0.3, -0.25) is 9.78 Å². The monoisotopic (exact) mass is 284 g/mol. The maximum atomic E-state index is 11.9. The van der Waals surface area contributed by atoms with Gasteiger partial charge in [-0.15, -0.1) is 0 Å². The summed E-state index contributed by atoms with van der Waals surface area (Å²) in [7, 11) is 0. The van der Waals surface area contributed by atoms with Gasteiger partial charge in [-0.2, -0.15) is 13.2 Å². The molecule has 0 aliphatic carbocycles. The van der Waals surface area contributed by atoms with Gasteiger partial charge in [0.25, 0.3) is 0 Å². The summed E-state index contributed by atoms with van der Waals surface area (Å²) in [5.74, 6) is -0.442. The quantitative estimate of drug-likeness (QED) is 0.897. The van der Waals surface area contributed by atoms with E-state index in [1.807, 2.05) is 6.07 Å². The van der Waals surface area contributed by atoms with Gasteiger partial charge >= 0.3 is 6.18 Å². The molecule has 0 atom stereocenters. The van der Waals surface area contributed by atoms with E-state index in [1.54, 1.807) is 23.5 Å². The number of hydrogen-bond acceptors (Lipinski definition) is 4. The molecule has 2 rings (SSSR count). The van der Waals surface area contributed by atoms with Crippen molar-refractivity contribution in [2.45, 2.75) is 6.18 Å². The van der Waals surface area contributed by atoms with Crippen molar-refractivity contribution in [1.82, 2.24) is 15.3 Å². The number of nitrogens with one attached hydrogen (secondary N) is 2. The Kier molecular flexibility index (Phi) is 4.02. The zero-order valence-corrected chi connectivity index (χ0v) is 10.2. The second-order valence-electron chi connectivity index (χ2n) is 3.99. The van der Waals surface area contributed by atoms with Crippen LogP contribution in [0.4, 0.5) is 19.0 Å². The topological polar surface area (TPSA) is 66.9 Å². The van der Waals surface area contributed by atoms with E-state index < -0.39 is 18.6 Å². The molecule has 0 saturated heterocycles. The summed E-state index contributed by atoms with van der Waals surface area (Å²) < 4.78 is 35.7. The Balaban J connectivity index is 1.90. The summed E-state index contributed by atoms with van der Waals surface area (Å²) in [6, 6.07) is 7.13. The number of halogens is 3. The number of rotatable bonds is 4. The number of carbonyl (C=O) groups excluding carboxylic acids is 1. The third kappa shape index (κ3) is 4.08. The lowest BCUT2D eigenvalue weighted by atomic mass is 10.3. The molecule has 106 valence electrons. The number of aromatic nitrogens is 2. The van der Waals surface area contributed by atoms with Crippen LogP contribution in [-0.2, 0) is 4.79 Å². The predicted molar refractivity (Wildman–Crippen MR) is 67.1 cm³/mol. The zero-order chi connectivity index (χ0) is 14.6. The average molecular weight is 284 g/mol. The van der Waals surface area contributed by atoms with Crippen LogP contribution >= 0.6 is 0 Å². The van der Waals surface area contributed by atoms with Crippen molar-refractivity contribution in [3.8, 4) is 0 Å². The van der Waals surface area contributed by atoms with E-state index in [4.69, 9.17) is 0 Å². The van der Waals surface area contributed by atoms with Crippen molar-refractivity contribution in [3.63, 3.8) is 0 Å². The Morgan fingerprint density at radius 3 is 2.60 bits per heavy atom. The first-order valence-corrected chi connectivity index (χ1v) is 5.73. The summed E-state index contributed by atoms with van der Waals surface area (Å²) in [4.78, 5) is 19.5. The first-order valence-electron chi connectivity index (χ1n) is 5.73. The molecule has 1 amide bonds. The van der Waals surface area contributed by atoms with Gasteiger partial charge in [0, 0.05) is 0 Å². The highest BCUT2D eigenvalue weighted by Gasteiger charge is 2.27. The SMILES string of the molecule is O=C(CNc1cnc2ccccc2n1)NCC(F)(F)F. The molecule has 0 unspecified atom stereocenters. The van der Waals surface area contributed by atoms with E-state index in [0.717, 1.165) is 0 Å². The van der Waals surface area contributed by atoms with Gasteiger partial charge in [-0.25, -0.2) is 4.98 Å². The molecular formula is C12H11F3N4O. The molecule has 0 spiro atoms. The molecule has 2 N–H and O–H groups in total. The van der Waals surface area contributed by atoms with Crippen molar-refractivity contribution >= 4 is 22.8 Å². The molecule has 0 radical (unpaired) electrons. The normalized spacial score (nSPS) is 11.3. The summed E-state index contributed by atoms with van der Waals surface area (Å²) >= 11 is 0. The molecular weight excluding hydrogens is 273 g/mol. The molecule has 0 aliphatic rings. The predicted octanol–water partition coefficient (Wildman–Crippen LogP) is 1.72. The Morgan fingerprint density at radius 1 is 1.20 bits per heavy atom. The van der Waals surface area contributed by atoms with Gasteiger partial charge in [0.1, 0.15) is 12.4 Å². The molecule has 0 saturated carbocycles. The van der Waals surface area contributed by atoms with Crippen molar-refractivity contribution < 1.29 is 18.0 Å². The van der Waals surface area contributed by atoms with E-state index in [1.165, 1.54) is 6.20 Å². The fourth-order valence-corrected chi connectivity index (χ4v) is 1.47. The maximum Gasteiger partial charge on any atom is 0.405 e. The van der Waals surface area contributed by atoms with Crippen molar-refractivity contribution in [2.24, 2.45) is 0 Å². The standard InChI is InChI=1S/C12H11F3N4O/c13-12(14,15)7-18-11(20)6-17-10-5-16-8-3-1-2-4-9(8)19-10/h1-5H,6-7H2,(H,17,19)(H,18,20). The zero-order valence-electron chi connectivity index (χ0n) is 10.2. The first-order chi connectivity index (χ1) is 9.44. The molecule has 20 heavy (non-hydrogen) atoms. The molecule has 0 bridgehead atoms. The van der Waals surface area contributed by atoms with Crippen LogP contribution in [0.3, 0.4) is 0 Å². The fourth-order valence-electron chi connectivity index (χ4n) is 1.47. The molecule has 1 heterocycles. The summed E-state index contributed by atoms with van der Waals surface area (Å²) in [6.45, 7) is -1.65. The van der Waals surface area contributed by atoms with E-state index in [9.17, 15) is 18.0 Å². The van der Waals surface area contributed by atoms with Gasteiger partial charge in [0.15, 0.2) is 0 Å². The van der Waals surface area contributed by atoms with E-state index >= 15 is 0 Å². The summed E-state index contributed by atoms with van der Waals surface area (Å²) in [5.41, 5.74) is 1.33.